The zero-order chi connectivity index (χ0) is 29.1. The van der Waals surface area contributed by atoms with Crippen LogP contribution in [0.3, 0.4) is 0 Å². The second kappa shape index (κ2) is 9.13. The van der Waals surface area contributed by atoms with Gasteiger partial charge in [-0.2, -0.15) is 0 Å². The fourth-order valence-electron chi connectivity index (χ4n) is 10.4. The van der Waals surface area contributed by atoms with Gasteiger partial charge in [-0.1, -0.05) is 56.0 Å². The number of carbonyl (C=O) groups excluding carboxylic acids is 1. The third kappa shape index (κ3) is 3.49. The summed E-state index contributed by atoms with van der Waals surface area (Å²) in [5.74, 6) is 1.28. The highest BCUT2D eigenvalue weighted by Crippen LogP contribution is 2.78. The maximum atomic E-state index is 14.5. The Labute approximate surface area is 260 Å². The molecule has 0 amide bonds. The number of aromatic nitrogens is 1. The highest BCUT2D eigenvalue weighted by Gasteiger charge is 2.74. The number of Topliss-reactive ketones (excluding diaryl/α,β-unsaturated/α-hetero) is 1. The highest BCUT2D eigenvalue weighted by atomic mass is 32.2. The molecular formula is C35H39NO3S3. The number of nitrogens with zero attached hydrogens (tertiary/aromatic N) is 1. The Balaban J connectivity index is 1.21. The minimum Gasteiger partial charge on any atom is -0.393 e. The van der Waals surface area contributed by atoms with Gasteiger partial charge in [-0.15, -0.1) is 22.7 Å². The minimum absolute atomic E-state index is 0.00604. The number of thiophene rings is 1. The van der Waals surface area contributed by atoms with Crippen molar-refractivity contribution in [1.82, 2.24) is 4.98 Å². The predicted molar refractivity (Wildman–Crippen MR) is 172 cm³/mol. The Hall–Kier alpha value is -1.77. The molecule has 1 aromatic carbocycles. The lowest BCUT2D eigenvalue weighted by Gasteiger charge is -2.71. The highest BCUT2D eigenvalue weighted by molar-refractivity contribution is 8.01. The van der Waals surface area contributed by atoms with Gasteiger partial charge >= 0.3 is 0 Å². The molecule has 1 unspecified atom stereocenters. The maximum absolute atomic E-state index is 14.5. The average molecular weight is 618 g/mol. The molecule has 3 aromatic rings. The number of allylic oxidation sites excluding steroid dienone is 4. The lowest BCUT2D eigenvalue weighted by molar-refractivity contribution is -0.166. The summed E-state index contributed by atoms with van der Waals surface area (Å²) in [6, 6.07) is 12.3. The van der Waals surface area contributed by atoms with Crippen molar-refractivity contribution in [3.05, 3.63) is 70.0 Å². The van der Waals surface area contributed by atoms with E-state index >= 15 is 0 Å². The lowest BCUT2D eigenvalue weighted by atomic mass is 9.33. The summed E-state index contributed by atoms with van der Waals surface area (Å²) in [7, 11) is 0. The molecule has 2 heterocycles. The molecule has 0 radical (unpaired) electrons. The number of aryl methyl sites for hydroxylation is 1. The van der Waals surface area contributed by atoms with Gasteiger partial charge in [0.15, 0.2) is 10.1 Å². The molecule has 3 fully saturated rings. The van der Waals surface area contributed by atoms with Crippen molar-refractivity contribution in [3.63, 3.8) is 0 Å². The van der Waals surface area contributed by atoms with Crippen LogP contribution < -0.4 is 0 Å². The number of thioether (sulfide) groups is 1. The summed E-state index contributed by atoms with van der Waals surface area (Å²) in [6.45, 7) is 6.83. The normalized spacial score (nSPS) is 41.8. The summed E-state index contributed by atoms with van der Waals surface area (Å²) in [5, 5.41) is 23.5. The number of carbonyl (C=O) groups is 1. The monoisotopic (exact) mass is 617 g/mol. The first-order valence-corrected chi connectivity index (χ1v) is 18.1. The molecule has 2 spiro atoms. The van der Waals surface area contributed by atoms with Crippen LogP contribution in [-0.4, -0.2) is 38.4 Å². The Kier molecular flexibility index (Phi) is 6.04. The number of para-hydroxylation sites is 1. The minimum atomic E-state index is -0.836. The van der Waals surface area contributed by atoms with Crippen LogP contribution in [0, 0.1) is 40.4 Å². The third-order valence-corrected chi connectivity index (χ3v) is 16.0. The zero-order valence-electron chi connectivity index (χ0n) is 24.6. The molecule has 9 rings (SSSR count). The van der Waals surface area contributed by atoms with Gasteiger partial charge in [0, 0.05) is 32.4 Å². The predicted octanol–water partition coefficient (Wildman–Crippen LogP) is 8.23. The van der Waals surface area contributed by atoms with Crippen molar-refractivity contribution in [1.29, 1.82) is 0 Å². The quantitative estimate of drug-likeness (QED) is 0.171. The second-order valence-corrected chi connectivity index (χ2v) is 17.8. The Morgan fingerprint density at radius 1 is 1.00 bits per heavy atom. The van der Waals surface area contributed by atoms with Crippen LogP contribution in [0.5, 0.6) is 0 Å². The molecule has 220 valence electrons. The summed E-state index contributed by atoms with van der Waals surface area (Å²) >= 11 is 4.99. The SMILES string of the molecule is Cc1ccc(C(=O)C2=C[C@@]34C=C[C@@]25[C@@H]2CC[C@@](O)(CSc6nc7ccccc7s6)[C@@]2(C)CC[C@@H]5[C@@]3(C)CCC(O)C4)s1. The Bertz CT molecular complexity index is 1640. The number of ketones is 1. The molecule has 42 heavy (non-hydrogen) atoms. The molecular weight excluding hydrogens is 579 g/mol. The van der Waals surface area contributed by atoms with Gasteiger partial charge in [0.2, 0.25) is 0 Å². The van der Waals surface area contributed by atoms with E-state index in [1.807, 2.05) is 12.1 Å². The number of hydrogen-bond donors (Lipinski definition) is 2. The molecule has 2 bridgehead atoms. The largest absolute Gasteiger partial charge is 0.393 e. The maximum Gasteiger partial charge on any atom is 0.199 e. The third-order valence-electron chi connectivity index (χ3n) is 12.6. The number of hydrogen-bond acceptors (Lipinski definition) is 7. The number of fused-ring (bicyclic) bond motifs is 2. The van der Waals surface area contributed by atoms with E-state index in [1.165, 1.54) is 4.70 Å². The van der Waals surface area contributed by atoms with Crippen LogP contribution in [0.25, 0.3) is 10.2 Å². The molecule has 7 heteroatoms. The van der Waals surface area contributed by atoms with Crippen LogP contribution in [0.2, 0.25) is 0 Å². The van der Waals surface area contributed by atoms with E-state index in [0.29, 0.717) is 18.1 Å². The summed E-state index contributed by atoms with van der Waals surface area (Å²) in [4.78, 5) is 21.3. The number of aliphatic hydroxyl groups is 2. The van der Waals surface area contributed by atoms with Crippen LogP contribution in [0.15, 0.2) is 64.5 Å². The van der Waals surface area contributed by atoms with Gasteiger partial charge in [0.25, 0.3) is 0 Å². The molecule has 0 aliphatic heterocycles. The number of benzene rings is 1. The molecule has 0 saturated heterocycles. The van der Waals surface area contributed by atoms with Crippen LogP contribution in [0.4, 0.5) is 0 Å². The van der Waals surface area contributed by atoms with E-state index in [4.69, 9.17) is 4.98 Å². The number of thiazole rings is 1. The average Bonchev–Trinajstić information content (AvgIpc) is 3.67. The van der Waals surface area contributed by atoms with E-state index in [0.717, 1.165) is 63.7 Å². The molecule has 8 atom stereocenters. The summed E-state index contributed by atoms with van der Waals surface area (Å²) in [6.07, 6.45) is 12.9. The molecule has 2 N–H and O–H groups in total. The molecule has 6 aliphatic rings. The first-order chi connectivity index (χ1) is 20.0. The molecule has 4 nitrogen and oxygen atoms in total. The lowest BCUT2D eigenvalue weighted by Crippen LogP contribution is -2.67. The summed E-state index contributed by atoms with van der Waals surface area (Å²) in [5.41, 5.74) is 0.121. The van der Waals surface area contributed by atoms with E-state index in [1.54, 1.807) is 34.4 Å². The van der Waals surface area contributed by atoms with Gasteiger partial charge in [0.05, 0.1) is 26.8 Å². The number of aliphatic hydroxyl groups excluding tert-OH is 1. The zero-order valence-corrected chi connectivity index (χ0v) is 27.0. The fraction of sp³-hybridized carbons (Fsp3) is 0.543. The van der Waals surface area contributed by atoms with Crippen LogP contribution in [0.1, 0.15) is 73.3 Å². The van der Waals surface area contributed by atoms with Gasteiger partial charge < -0.3 is 10.2 Å². The van der Waals surface area contributed by atoms with Gasteiger partial charge in [0.1, 0.15) is 0 Å². The Morgan fingerprint density at radius 3 is 2.55 bits per heavy atom. The van der Waals surface area contributed by atoms with Crippen molar-refractivity contribution in [2.24, 2.45) is 33.5 Å². The second-order valence-electron chi connectivity index (χ2n) is 14.3. The van der Waals surface area contributed by atoms with Crippen LogP contribution >= 0.6 is 34.4 Å². The van der Waals surface area contributed by atoms with Crippen molar-refractivity contribution in [2.75, 3.05) is 5.75 Å². The smallest absolute Gasteiger partial charge is 0.199 e. The van der Waals surface area contributed by atoms with Crippen LogP contribution in [-0.2, 0) is 0 Å². The molecule has 3 saturated carbocycles. The first kappa shape index (κ1) is 27.8. The van der Waals surface area contributed by atoms with E-state index in [-0.39, 0.29) is 34.1 Å². The van der Waals surface area contributed by atoms with Gasteiger partial charge in [-0.25, -0.2) is 4.98 Å². The van der Waals surface area contributed by atoms with Crippen molar-refractivity contribution in [3.8, 4) is 0 Å². The van der Waals surface area contributed by atoms with E-state index in [9.17, 15) is 15.0 Å². The topological polar surface area (TPSA) is 70.4 Å². The van der Waals surface area contributed by atoms with Crippen molar-refractivity contribution >= 4 is 50.4 Å². The first-order valence-electron chi connectivity index (χ1n) is 15.5. The van der Waals surface area contributed by atoms with Gasteiger partial charge in [-0.05, 0) is 93.4 Å². The number of rotatable bonds is 5. The molecule has 2 aromatic heterocycles. The van der Waals surface area contributed by atoms with Crippen molar-refractivity contribution < 1.29 is 15.0 Å². The molecule has 6 aliphatic carbocycles. The van der Waals surface area contributed by atoms with E-state index < -0.39 is 11.0 Å². The van der Waals surface area contributed by atoms with Crippen molar-refractivity contribution in [2.45, 2.75) is 81.8 Å². The van der Waals surface area contributed by atoms with E-state index in [2.05, 4.69) is 63.3 Å². The summed E-state index contributed by atoms with van der Waals surface area (Å²) < 4.78 is 2.20. The standard InChI is InChI=1S/C35H39NO3S3/c1-21-8-9-26(41-21)29(38)23-19-33-16-17-35(23)27(31(33,2)13-10-22(37)18-33)11-14-32(3)28(35)12-15-34(32,39)20-40-30-36-24-6-4-5-7-25(24)42-30/h4-9,16-17,19,22,27-28,37,39H,10-15,18,20H2,1-3H3/t22?,27-,28-,31-,32+,33+,34-,35-/m1/s1. The Morgan fingerprint density at radius 2 is 1.76 bits per heavy atom. The van der Waals surface area contributed by atoms with Gasteiger partial charge in [-0.3, -0.25) is 4.79 Å². The fourth-order valence-corrected chi connectivity index (χ4v) is 13.6.